The van der Waals surface area contributed by atoms with Gasteiger partial charge in [0, 0.05) is 12.6 Å². The molecule has 0 amide bonds. The second-order valence-corrected chi connectivity index (χ2v) is 4.73. The largest absolute Gasteiger partial charge is 0.380 e. The van der Waals surface area contributed by atoms with E-state index in [1.165, 1.54) is 0 Å². The molecule has 0 aromatic heterocycles. The number of hydrogen-bond acceptors (Lipinski definition) is 3. The number of anilines is 1. The number of para-hydroxylation sites is 1. The fraction of sp³-hybridized carbons (Fsp3) is 0.455. The molecule has 0 aliphatic heterocycles. The maximum absolute atomic E-state index is 6.05. The van der Waals surface area contributed by atoms with Crippen molar-refractivity contribution in [3.8, 4) is 0 Å². The zero-order chi connectivity index (χ0) is 11.1. The number of hydrogen-bond donors (Lipinski definition) is 2. The molecule has 0 spiro atoms. The van der Waals surface area contributed by atoms with E-state index in [1.807, 2.05) is 36.0 Å². The van der Waals surface area contributed by atoms with Gasteiger partial charge in [-0.1, -0.05) is 23.7 Å². The zero-order valence-corrected chi connectivity index (χ0v) is 10.4. The van der Waals surface area contributed by atoms with E-state index in [-0.39, 0.29) is 0 Å². The van der Waals surface area contributed by atoms with Gasteiger partial charge in [0.25, 0.3) is 0 Å². The lowest BCUT2D eigenvalue weighted by atomic mass is 10.2. The molecule has 0 radical (unpaired) electrons. The Morgan fingerprint density at radius 1 is 1.47 bits per heavy atom. The van der Waals surface area contributed by atoms with Crippen LogP contribution in [-0.4, -0.2) is 24.6 Å². The minimum Gasteiger partial charge on any atom is -0.380 e. The Morgan fingerprint density at radius 3 is 2.80 bits per heavy atom. The molecule has 3 N–H and O–H groups in total. The highest BCUT2D eigenvalue weighted by molar-refractivity contribution is 7.98. The maximum atomic E-state index is 6.05. The zero-order valence-electron chi connectivity index (χ0n) is 8.87. The molecule has 0 heterocycles. The van der Waals surface area contributed by atoms with Gasteiger partial charge in [0.05, 0.1) is 10.7 Å². The van der Waals surface area contributed by atoms with Crippen LogP contribution in [0, 0.1) is 0 Å². The van der Waals surface area contributed by atoms with Crippen LogP contribution in [0.25, 0.3) is 0 Å². The lowest BCUT2D eigenvalue weighted by molar-refractivity contribution is 0.710. The predicted octanol–water partition coefficient (Wildman–Crippen LogP) is 2.83. The Kier molecular flexibility index (Phi) is 5.91. The third-order valence-corrected chi connectivity index (χ3v) is 3.16. The summed E-state index contributed by atoms with van der Waals surface area (Å²) in [5.41, 5.74) is 6.66. The standard InChI is InChI=1S/C11H17ClN2S/c1-15-7-6-9(8-13)14-11-5-3-2-4-10(11)12/h2-5,9,14H,6-8,13H2,1H3. The van der Waals surface area contributed by atoms with E-state index >= 15 is 0 Å². The molecular formula is C11H17ClN2S. The normalized spacial score (nSPS) is 12.5. The van der Waals surface area contributed by atoms with Crippen molar-refractivity contribution < 1.29 is 0 Å². The van der Waals surface area contributed by atoms with Gasteiger partial charge < -0.3 is 11.1 Å². The van der Waals surface area contributed by atoms with Crippen LogP contribution >= 0.6 is 23.4 Å². The molecule has 0 saturated carbocycles. The average molecular weight is 245 g/mol. The molecule has 1 atom stereocenters. The highest BCUT2D eigenvalue weighted by atomic mass is 35.5. The predicted molar refractivity (Wildman–Crippen MR) is 70.9 cm³/mol. The summed E-state index contributed by atoms with van der Waals surface area (Å²) < 4.78 is 0. The van der Waals surface area contributed by atoms with Crippen molar-refractivity contribution in [3.05, 3.63) is 29.3 Å². The molecule has 1 aromatic rings. The van der Waals surface area contributed by atoms with Gasteiger partial charge in [0.2, 0.25) is 0 Å². The molecule has 1 rings (SSSR count). The maximum Gasteiger partial charge on any atom is 0.0637 e. The summed E-state index contributed by atoms with van der Waals surface area (Å²) >= 11 is 7.88. The number of nitrogens with two attached hydrogens (primary N) is 1. The number of thioether (sulfide) groups is 1. The number of nitrogens with one attached hydrogen (secondary N) is 1. The van der Waals surface area contributed by atoms with Crippen LogP contribution in [0.5, 0.6) is 0 Å². The van der Waals surface area contributed by atoms with E-state index in [0.29, 0.717) is 12.6 Å². The second kappa shape index (κ2) is 6.99. The first-order chi connectivity index (χ1) is 7.27. The second-order valence-electron chi connectivity index (χ2n) is 3.34. The summed E-state index contributed by atoms with van der Waals surface area (Å²) in [5.74, 6) is 1.11. The Bertz CT molecular complexity index is 294. The van der Waals surface area contributed by atoms with Crippen LogP contribution in [0.1, 0.15) is 6.42 Å². The highest BCUT2D eigenvalue weighted by Gasteiger charge is 2.07. The molecule has 2 nitrogen and oxygen atoms in total. The van der Waals surface area contributed by atoms with Crippen LogP contribution < -0.4 is 11.1 Å². The molecule has 0 saturated heterocycles. The van der Waals surface area contributed by atoms with Crippen molar-refractivity contribution in [2.75, 3.05) is 23.9 Å². The monoisotopic (exact) mass is 244 g/mol. The van der Waals surface area contributed by atoms with E-state index in [0.717, 1.165) is 22.9 Å². The van der Waals surface area contributed by atoms with E-state index in [2.05, 4.69) is 11.6 Å². The van der Waals surface area contributed by atoms with Crippen LogP contribution in [0.15, 0.2) is 24.3 Å². The molecule has 15 heavy (non-hydrogen) atoms. The quantitative estimate of drug-likeness (QED) is 0.808. The minimum atomic E-state index is 0.303. The molecule has 84 valence electrons. The topological polar surface area (TPSA) is 38.0 Å². The number of benzene rings is 1. The van der Waals surface area contributed by atoms with Crippen molar-refractivity contribution in [2.45, 2.75) is 12.5 Å². The third kappa shape index (κ3) is 4.33. The average Bonchev–Trinajstić information content (AvgIpc) is 2.26. The molecule has 0 aliphatic rings. The van der Waals surface area contributed by atoms with Crippen molar-refractivity contribution in [3.63, 3.8) is 0 Å². The summed E-state index contributed by atoms with van der Waals surface area (Å²) in [4.78, 5) is 0. The van der Waals surface area contributed by atoms with Gasteiger partial charge >= 0.3 is 0 Å². The first kappa shape index (κ1) is 12.7. The van der Waals surface area contributed by atoms with Gasteiger partial charge in [-0.05, 0) is 30.6 Å². The highest BCUT2D eigenvalue weighted by Crippen LogP contribution is 2.21. The summed E-state index contributed by atoms with van der Waals surface area (Å²) in [7, 11) is 0. The summed E-state index contributed by atoms with van der Waals surface area (Å²) in [6.45, 7) is 0.631. The van der Waals surface area contributed by atoms with E-state index in [9.17, 15) is 0 Å². The van der Waals surface area contributed by atoms with Crippen LogP contribution in [-0.2, 0) is 0 Å². The Hall–Kier alpha value is -0.380. The summed E-state index contributed by atoms with van der Waals surface area (Å²) in [6.07, 6.45) is 3.16. The van der Waals surface area contributed by atoms with Crippen molar-refractivity contribution in [1.82, 2.24) is 0 Å². The van der Waals surface area contributed by atoms with Gasteiger partial charge in [0.15, 0.2) is 0 Å². The molecule has 0 aliphatic carbocycles. The fourth-order valence-electron chi connectivity index (χ4n) is 1.31. The van der Waals surface area contributed by atoms with Crippen LogP contribution in [0.4, 0.5) is 5.69 Å². The first-order valence-corrected chi connectivity index (χ1v) is 6.75. The van der Waals surface area contributed by atoms with Crippen LogP contribution in [0.3, 0.4) is 0 Å². The van der Waals surface area contributed by atoms with Gasteiger partial charge in [-0.3, -0.25) is 0 Å². The molecule has 4 heteroatoms. The Labute approximate surface area is 101 Å². The molecule has 1 aromatic carbocycles. The van der Waals surface area contributed by atoms with Gasteiger partial charge in [-0.25, -0.2) is 0 Å². The Morgan fingerprint density at radius 2 is 2.20 bits per heavy atom. The van der Waals surface area contributed by atoms with E-state index in [4.69, 9.17) is 17.3 Å². The third-order valence-electron chi connectivity index (χ3n) is 2.19. The fourth-order valence-corrected chi connectivity index (χ4v) is 2.02. The summed E-state index contributed by atoms with van der Waals surface area (Å²) in [6, 6.07) is 8.05. The first-order valence-electron chi connectivity index (χ1n) is 4.98. The van der Waals surface area contributed by atoms with Gasteiger partial charge in [-0.15, -0.1) is 0 Å². The lowest BCUT2D eigenvalue weighted by Crippen LogP contribution is -2.29. The van der Waals surface area contributed by atoms with Crippen molar-refractivity contribution in [2.24, 2.45) is 5.73 Å². The van der Waals surface area contributed by atoms with Crippen molar-refractivity contribution >= 4 is 29.1 Å². The van der Waals surface area contributed by atoms with Crippen molar-refractivity contribution in [1.29, 1.82) is 0 Å². The minimum absolute atomic E-state index is 0.303. The van der Waals surface area contributed by atoms with Crippen LogP contribution in [0.2, 0.25) is 5.02 Å². The SMILES string of the molecule is CSCCC(CN)Nc1ccccc1Cl. The Balaban J connectivity index is 2.54. The smallest absolute Gasteiger partial charge is 0.0637 e. The molecular weight excluding hydrogens is 228 g/mol. The number of rotatable bonds is 6. The number of halogens is 1. The van der Waals surface area contributed by atoms with Gasteiger partial charge in [-0.2, -0.15) is 11.8 Å². The summed E-state index contributed by atoms with van der Waals surface area (Å²) in [5, 5.41) is 4.11. The molecule has 1 unspecified atom stereocenters. The van der Waals surface area contributed by atoms with Gasteiger partial charge in [0.1, 0.15) is 0 Å². The van der Waals surface area contributed by atoms with E-state index in [1.54, 1.807) is 0 Å². The lowest BCUT2D eigenvalue weighted by Gasteiger charge is -2.18. The molecule has 0 fully saturated rings. The molecule has 0 bridgehead atoms. The van der Waals surface area contributed by atoms with E-state index < -0.39 is 0 Å².